The molecule has 1 aromatic rings. The molecule has 0 bridgehead atoms. The van der Waals surface area contributed by atoms with Gasteiger partial charge in [-0.05, 0) is 43.6 Å². The number of nitrogen functional groups attached to an aromatic ring is 2. The molecule has 9 heteroatoms. The lowest BCUT2D eigenvalue weighted by molar-refractivity contribution is -0.117. The van der Waals surface area contributed by atoms with Gasteiger partial charge in [0.05, 0.1) is 0 Å². The standard InChI is InChI=1S/C13H18BrN5O3/c1-6(5-7(20)19-13(2,3)4)22-12(21)8-10(15)18-11(16)9(14)17-8/h5H,1-4H3,(H,19,20)(H4,15,16,18)/b6-5+. The van der Waals surface area contributed by atoms with Crippen molar-refractivity contribution in [1.82, 2.24) is 15.3 Å². The predicted octanol–water partition coefficient (Wildman–Crippen LogP) is 1.38. The summed E-state index contributed by atoms with van der Waals surface area (Å²) in [7, 11) is 0. The molecular formula is C13H18BrN5O3. The molecule has 5 N–H and O–H groups in total. The van der Waals surface area contributed by atoms with Gasteiger partial charge in [-0.15, -0.1) is 0 Å². The smallest absolute Gasteiger partial charge is 0.365 e. The molecule has 0 aliphatic heterocycles. The molecule has 0 aliphatic rings. The second-order valence-electron chi connectivity index (χ2n) is 5.52. The number of esters is 1. The molecule has 1 rings (SSSR count). The fourth-order valence-electron chi connectivity index (χ4n) is 1.41. The molecule has 0 atom stereocenters. The minimum absolute atomic E-state index is 0.0610. The van der Waals surface area contributed by atoms with Gasteiger partial charge >= 0.3 is 5.97 Å². The van der Waals surface area contributed by atoms with Crippen molar-refractivity contribution in [2.45, 2.75) is 33.2 Å². The minimum atomic E-state index is -0.831. The van der Waals surface area contributed by atoms with Crippen molar-refractivity contribution in [1.29, 1.82) is 0 Å². The Hall–Kier alpha value is -2.16. The maximum absolute atomic E-state index is 12.0. The molecule has 0 aromatic carbocycles. The molecule has 1 heterocycles. The number of rotatable bonds is 3. The first kappa shape index (κ1) is 17.9. The first-order valence-corrected chi connectivity index (χ1v) is 7.10. The Morgan fingerprint density at radius 2 is 1.82 bits per heavy atom. The quantitative estimate of drug-likeness (QED) is 0.415. The zero-order chi connectivity index (χ0) is 17.1. The molecule has 0 aliphatic carbocycles. The zero-order valence-electron chi connectivity index (χ0n) is 12.7. The van der Waals surface area contributed by atoms with Gasteiger partial charge in [-0.3, -0.25) is 4.79 Å². The summed E-state index contributed by atoms with van der Waals surface area (Å²) in [4.78, 5) is 31.3. The van der Waals surface area contributed by atoms with Crippen LogP contribution in [0.15, 0.2) is 16.4 Å². The third kappa shape index (κ3) is 5.32. The van der Waals surface area contributed by atoms with Crippen molar-refractivity contribution in [3.63, 3.8) is 0 Å². The van der Waals surface area contributed by atoms with E-state index in [1.54, 1.807) is 0 Å². The fraction of sp³-hybridized carbons (Fsp3) is 0.385. The van der Waals surface area contributed by atoms with E-state index >= 15 is 0 Å². The number of amides is 1. The highest BCUT2D eigenvalue weighted by Gasteiger charge is 2.18. The van der Waals surface area contributed by atoms with E-state index < -0.39 is 11.5 Å². The van der Waals surface area contributed by atoms with Crippen LogP contribution in [-0.4, -0.2) is 27.4 Å². The number of carbonyl (C=O) groups excluding carboxylic acids is 2. The molecule has 0 fully saturated rings. The van der Waals surface area contributed by atoms with Crippen LogP contribution in [0.5, 0.6) is 0 Å². The summed E-state index contributed by atoms with van der Waals surface area (Å²) in [5.74, 6) is -1.21. The summed E-state index contributed by atoms with van der Waals surface area (Å²) in [5, 5.41) is 2.71. The van der Waals surface area contributed by atoms with Crippen molar-refractivity contribution in [3.05, 3.63) is 22.1 Å². The Labute approximate surface area is 136 Å². The molecule has 0 radical (unpaired) electrons. The number of anilines is 2. The minimum Gasteiger partial charge on any atom is -0.426 e. The molecule has 0 saturated carbocycles. The van der Waals surface area contributed by atoms with Gasteiger partial charge in [-0.2, -0.15) is 0 Å². The monoisotopic (exact) mass is 371 g/mol. The Balaban J connectivity index is 2.84. The van der Waals surface area contributed by atoms with Gasteiger partial charge in [-0.25, -0.2) is 14.8 Å². The Morgan fingerprint density at radius 1 is 1.23 bits per heavy atom. The van der Waals surface area contributed by atoms with Crippen molar-refractivity contribution < 1.29 is 14.3 Å². The van der Waals surface area contributed by atoms with E-state index in [0.717, 1.165) is 0 Å². The molecule has 0 saturated heterocycles. The van der Waals surface area contributed by atoms with Crippen molar-refractivity contribution in [2.24, 2.45) is 0 Å². The normalized spacial score (nSPS) is 12.0. The van der Waals surface area contributed by atoms with Crippen molar-refractivity contribution in [3.8, 4) is 0 Å². The molecular weight excluding hydrogens is 354 g/mol. The number of hydrogen-bond acceptors (Lipinski definition) is 7. The van der Waals surface area contributed by atoms with Gasteiger partial charge < -0.3 is 21.5 Å². The third-order valence-electron chi connectivity index (χ3n) is 2.18. The Morgan fingerprint density at radius 3 is 2.36 bits per heavy atom. The SMILES string of the molecule is C/C(=C\C(=O)NC(C)(C)C)OC(=O)c1nc(Br)c(N)nc1N. The summed E-state index contributed by atoms with van der Waals surface area (Å²) < 4.78 is 5.20. The number of nitrogens with zero attached hydrogens (tertiary/aromatic N) is 2. The van der Waals surface area contributed by atoms with Crippen LogP contribution >= 0.6 is 15.9 Å². The first-order chi connectivity index (χ1) is 9.99. The van der Waals surface area contributed by atoms with Crippen LogP contribution in [0.1, 0.15) is 38.2 Å². The second kappa shape index (κ2) is 6.73. The van der Waals surface area contributed by atoms with E-state index in [-0.39, 0.29) is 33.6 Å². The highest BCUT2D eigenvalue weighted by Crippen LogP contribution is 2.19. The Bertz CT molecular complexity index is 637. The number of nitrogens with two attached hydrogens (primary N) is 2. The highest BCUT2D eigenvalue weighted by molar-refractivity contribution is 9.10. The van der Waals surface area contributed by atoms with E-state index in [1.807, 2.05) is 20.8 Å². The number of ether oxygens (including phenoxy) is 1. The number of aromatic nitrogens is 2. The van der Waals surface area contributed by atoms with Crippen LogP contribution in [0.25, 0.3) is 0 Å². The van der Waals surface area contributed by atoms with Gasteiger partial charge in [-0.1, -0.05) is 0 Å². The summed E-state index contributed by atoms with van der Waals surface area (Å²) in [6.07, 6.45) is 1.17. The number of allylic oxidation sites excluding steroid dienone is 1. The van der Waals surface area contributed by atoms with E-state index in [4.69, 9.17) is 16.2 Å². The summed E-state index contributed by atoms with van der Waals surface area (Å²) in [6.45, 7) is 6.98. The lowest BCUT2D eigenvalue weighted by Crippen LogP contribution is -2.39. The molecule has 120 valence electrons. The van der Waals surface area contributed by atoms with Crippen LogP contribution < -0.4 is 16.8 Å². The number of hydrogen-bond donors (Lipinski definition) is 3. The van der Waals surface area contributed by atoms with E-state index in [0.29, 0.717) is 0 Å². The average Bonchev–Trinajstić information content (AvgIpc) is 2.30. The van der Waals surface area contributed by atoms with E-state index in [2.05, 4.69) is 31.2 Å². The van der Waals surface area contributed by atoms with Gasteiger partial charge in [0.15, 0.2) is 17.3 Å². The maximum Gasteiger partial charge on any atom is 0.365 e. The van der Waals surface area contributed by atoms with E-state index in [9.17, 15) is 9.59 Å². The summed E-state index contributed by atoms with van der Waals surface area (Å²) in [6, 6.07) is 0. The van der Waals surface area contributed by atoms with Crippen LogP contribution in [0.3, 0.4) is 0 Å². The van der Waals surface area contributed by atoms with Gasteiger partial charge in [0.2, 0.25) is 5.91 Å². The number of carbonyl (C=O) groups is 2. The van der Waals surface area contributed by atoms with Crippen LogP contribution in [0.2, 0.25) is 0 Å². The van der Waals surface area contributed by atoms with Crippen LogP contribution in [-0.2, 0) is 9.53 Å². The van der Waals surface area contributed by atoms with Gasteiger partial charge in [0.25, 0.3) is 0 Å². The average molecular weight is 372 g/mol. The summed E-state index contributed by atoms with van der Waals surface area (Å²) in [5.41, 5.74) is 10.5. The molecule has 1 aromatic heterocycles. The third-order valence-corrected chi connectivity index (χ3v) is 2.77. The first-order valence-electron chi connectivity index (χ1n) is 6.30. The largest absolute Gasteiger partial charge is 0.426 e. The van der Waals surface area contributed by atoms with Crippen LogP contribution in [0.4, 0.5) is 11.6 Å². The lowest BCUT2D eigenvalue weighted by atomic mass is 10.1. The fourth-order valence-corrected chi connectivity index (χ4v) is 1.67. The topological polar surface area (TPSA) is 133 Å². The summed E-state index contributed by atoms with van der Waals surface area (Å²) >= 11 is 3.05. The van der Waals surface area contributed by atoms with Gasteiger partial charge in [0.1, 0.15) is 10.4 Å². The zero-order valence-corrected chi connectivity index (χ0v) is 14.3. The van der Waals surface area contributed by atoms with E-state index in [1.165, 1.54) is 13.0 Å². The molecule has 0 unspecified atom stereocenters. The molecule has 0 spiro atoms. The number of nitrogens with one attached hydrogen (secondary N) is 1. The molecule has 22 heavy (non-hydrogen) atoms. The van der Waals surface area contributed by atoms with Gasteiger partial charge in [0, 0.05) is 11.6 Å². The molecule has 1 amide bonds. The highest BCUT2D eigenvalue weighted by atomic mass is 79.9. The molecule has 8 nitrogen and oxygen atoms in total. The van der Waals surface area contributed by atoms with Crippen molar-refractivity contribution in [2.75, 3.05) is 11.5 Å². The maximum atomic E-state index is 12.0. The van der Waals surface area contributed by atoms with Crippen LogP contribution in [0, 0.1) is 0 Å². The lowest BCUT2D eigenvalue weighted by Gasteiger charge is -2.19. The number of halogens is 1. The second-order valence-corrected chi connectivity index (χ2v) is 6.27. The Kier molecular flexibility index (Phi) is 5.48. The predicted molar refractivity (Wildman–Crippen MR) is 85.6 cm³/mol. The van der Waals surface area contributed by atoms with Crippen molar-refractivity contribution >= 4 is 39.4 Å².